The van der Waals surface area contributed by atoms with E-state index in [2.05, 4.69) is 19.2 Å². The van der Waals surface area contributed by atoms with Crippen molar-refractivity contribution in [1.82, 2.24) is 0 Å². The van der Waals surface area contributed by atoms with Crippen LogP contribution in [0.15, 0.2) is 12.1 Å². The van der Waals surface area contributed by atoms with Gasteiger partial charge >= 0.3 is 0 Å². The molecule has 1 atom stereocenters. The van der Waals surface area contributed by atoms with Gasteiger partial charge in [0.1, 0.15) is 5.66 Å². The molecule has 2 nitrogen and oxygen atoms in total. The zero-order valence-electron chi connectivity index (χ0n) is 15.6. The molecule has 0 aliphatic carbocycles. The molecule has 1 saturated heterocycles. The first kappa shape index (κ1) is 19.7. The highest BCUT2D eigenvalue weighted by Crippen LogP contribution is 2.66. The average molecular weight is 369 g/mol. The largest absolute Gasteiger partial charge is 0.322 e. The van der Waals surface area contributed by atoms with Crippen LogP contribution in [0.4, 0.5) is 5.69 Å². The van der Waals surface area contributed by atoms with Crippen molar-refractivity contribution in [3.05, 3.63) is 28.3 Å². The monoisotopic (exact) mass is 368 g/mol. The van der Waals surface area contributed by atoms with E-state index in [-0.39, 0.29) is 11.6 Å². The van der Waals surface area contributed by atoms with E-state index in [4.69, 9.17) is 11.6 Å². The highest BCUT2D eigenvalue weighted by Gasteiger charge is 2.47. The maximum Gasteiger partial charge on any atom is 0.265 e. The molecule has 1 N–H and O–H groups in total. The van der Waals surface area contributed by atoms with Crippen LogP contribution in [0.5, 0.6) is 0 Å². The van der Waals surface area contributed by atoms with Crippen LogP contribution in [-0.4, -0.2) is 30.1 Å². The van der Waals surface area contributed by atoms with Crippen molar-refractivity contribution in [2.75, 3.05) is 23.8 Å². The van der Waals surface area contributed by atoms with Gasteiger partial charge in [0.25, 0.3) is 5.91 Å². The third kappa shape index (κ3) is 4.33. The van der Waals surface area contributed by atoms with E-state index >= 15 is 0 Å². The van der Waals surface area contributed by atoms with Crippen LogP contribution in [0.25, 0.3) is 0 Å². The Bertz CT molecular complexity index is 556. The normalized spacial score (nSPS) is 18.7. The van der Waals surface area contributed by atoms with Gasteiger partial charge in [-0.2, -0.15) is 0 Å². The molecule has 1 aromatic carbocycles. The second-order valence-electron chi connectivity index (χ2n) is 7.22. The number of nitrogens with one attached hydrogen (secondary N) is 1. The Morgan fingerprint density at radius 3 is 2.12 bits per heavy atom. The zero-order valence-corrected chi connectivity index (χ0v) is 17.3. The first-order valence-electron chi connectivity index (χ1n) is 9.37. The van der Waals surface area contributed by atoms with Crippen molar-refractivity contribution < 1.29 is 4.79 Å². The van der Waals surface area contributed by atoms with E-state index in [1.54, 1.807) is 0 Å². The number of aryl methyl sites for hydroxylation is 2. The van der Waals surface area contributed by atoms with Crippen LogP contribution < -0.4 is 5.32 Å². The molecule has 0 radical (unpaired) electrons. The van der Waals surface area contributed by atoms with Gasteiger partial charge in [-0.05, 0) is 76.1 Å². The summed E-state index contributed by atoms with van der Waals surface area (Å²) < 4.78 is 0. The standard InChI is InChI=1S/C20H31ClNOP/c1-5-18(24(6-2)11-9-7-8-10-12-24)20(23)22-19-15(3)13-17(21)14-16(19)4/h13-14,18H,5-12H2,1-4H3/p+1. The fourth-order valence-corrected chi connectivity index (χ4v) is 9.59. The van der Waals surface area contributed by atoms with Crippen molar-refractivity contribution in [2.45, 2.75) is 65.5 Å². The van der Waals surface area contributed by atoms with E-state index in [0.717, 1.165) is 28.3 Å². The van der Waals surface area contributed by atoms with Gasteiger partial charge < -0.3 is 5.32 Å². The zero-order chi connectivity index (χ0) is 17.7. The lowest BCUT2D eigenvalue weighted by molar-refractivity contribution is -0.115. The van der Waals surface area contributed by atoms with Gasteiger partial charge in [-0.15, -0.1) is 0 Å². The number of carbonyl (C=O) groups is 1. The number of benzene rings is 1. The van der Waals surface area contributed by atoms with Gasteiger partial charge in [-0.3, -0.25) is 4.79 Å². The molecule has 0 bridgehead atoms. The highest BCUT2D eigenvalue weighted by molar-refractivity contribution is 7.77. The Morgan fingerprint density at radius 2 is 1.67 bits per heavy atom. The van der Waals surface area contributed by atoms with E-state index in [1.807, 2.05) is 26.0 Å². The second-order valence-corrected chi connectivity index (χ2v) is 12.2. The SMILES string of the molecule is CCC(C(=O)Nc1c(C)cc(Cl)cc1C)[P+]1(CC)CCCCCC1. The van der Waals surface area contributed by atoms with Crippen molar-refractivity contribution in [3.63, 3.8) is 0 Å². The van der Waals surface area contributed by atoms with Crippen LogP contribution in [0, 0.1) is 13.8 Å². The van der Waals surface area contributed by atoms with Crippen molar-refractivity contribution >= 4 is 30.5 Å². The Balaban J connectivity index is 2.25. The predicted octanol–water partition coefficient (Wildman–Crippen LogP) is 6.29. The average Bonchev–Trinajstić information content (AvgIpc) is 2.78. The van der Waals surface area contributed by atoms with Gasteiger partial charge in [0.2, 0.25) is 0 Å². The lowest BCUT2D eigenvalue weighted by Gasteiger charge is -2.32. The van der Waals surface area contributed by atoms with Crippen LogP contribution in [-0.2, 0) is 4.79 Å². The molecule has 0 aromatic heterocycles. The molecule has 4 heteroatoms. The fraction of sp³-hybridized carbons (Fsp3) is 0.650. The molecular formula is C20H32ClNOP+. The molecule has 1 aliphatic rings. The minimum atomic E-state index is -1.20. The summed E-state index contributed by atoms with van der Waals surface area (Å²) in [6.07, 6.45) is 10.1. The first-order valence-corrected chi connectivity index (χ1v) is 12.2. The summed E-state index contributed by atoms with van der Waals surface area (Å²) in [4.78, 5) is 13.2. The molecule has 1 amide bonds. The Morgan fingerprint density at radius 1 is 1.12 bits per heavy atom. The number of hydrogen-bond acceptors (Lipinski definition) is 1. The van der Waals surface area contributed by atoms with Gasteiger partial charge in [0, 0.05) is 18.0 Å². The molecule has 1 aliphatic heterocycles. The molecule has 1 heterocycles. The molecule has 0 spiro atoms. The van der Waals surface area contributed by atoms with Gasteiger partial charge in [-0.25, -0.2) is 0 Å². The molecule has 24 heavy (non-hydrogen) atoms. The summed E-state index contributed by atoms with van der Waals surface area (Å²) in [6.45, 7) is 8.54. The Labute approximate surface area is 153 Å². The van der Waals surface area contributed by atoms with E-state index < -0.39 is 7.26 Å². The summed E-state index contributed by atoms with van der Waals surface area (Å²) in [5.74, 6) is 0.239. The third-order valence-electron chi connectivity index (χ3n) is 5.68. The number of anilines is 1. The number of carbonyl (C=O) groups excluding carboxylic acids is 1. The number of halogens is 1. The minimum Gasteiger partial charge on any atom is -0.322 e. The van der Waals surface area contributed by atoms with Crippen LogP contribution >= 0.6 is 18.9 Å². The maximum absolute atomic E-state index is 13.2. The van der Waals surface area contributed by atoms with Crippen LogP contribution in [0.3, 0.4) is 0 Å². The molecule has 134 valence electrons. The smallest absolute Gasteiger partial charge is 0.265 e. The molecule has 1 unspecified atom stereocenters. The summed E-state index contributed by atoms with van der Waals surface area (Å²) in [5.41, 5.74) is 3.25. The third-order valence-corrected chi connectivity index (χ3v) is 11.5. The topological polar surface area (TPSA) is 29.1 Å². The van der Waals surface area contributed by atoms with Crippen molar-refractivity contribution in [2.24, 2.45) is 0 Å². The van der Waals surface area contributed by atoms with E-state index in [9.17, 15) is 4.79 Å². The number of amides is 1. The molecule has 1 aromatic rings. The second kappa shape index (κ2) is 8.68. The fourth-order valence-electron chi connectivity index (χ4n) is 4.30. The maximum atomic E-state index is 13.2. The van der Waals surface area contributed by atoms with E-state index in [1.165, 1.54) is 44.2 Å². The summed E-state index contributed by atoms with van der Waals surface area (Å²) in [5, 5.41) is 4.00. The quantitative estimate of drug-likeness (QED) is 0.608. The predicted molar refractivity (Wildman–Crippen MR) is 109 cm³/mol. The summed E-state index contributed by atoms with van der Waals surface area (Å²) >= 11 is 6.13. The minimum absolute atomic E-state index is 0.204. The first-order chi connectivity index (χ1) is 11.4. The lowest BCUT2D eigenvalue weighted by atomic mass is 10.1. The number of rotatable bonds is 5. The van der Waals surface area contributed by atoms with E-state index in [0.29, 0.717) is 0 Å². The van der Waals surface area contributed by atoms with Gasteiger partial charge in [0.05, 0.1) is 18.5 Å². The number of hydrogen-bond donors (Lipinski definition) is 1. The molecule has 0 saturated carbocycles. The van der Waals surface area contributed by atoms with Gasteiger partial charge in [0.15, 0.2) is 0 Å². The Kier molecular flexibility index (Phi) is 7.13. The van der Waals surface area contributed by atoms with Crippen molar-refractivity contribution in [1.29, 1.82) is 0 Å². The van der Waals surface area contributed by atoms with Crippen molar-refractivity contribution in [3.8, 4) is 0 Å². The summed E-state index contributed by atoms with van der Waals surface area (Å²) in [6, 6.07) is 3.86. The van der Waals surface area contributed by atoms with Crippen LogP contribution in [0.1, 0.15) is 57.1 Å². The highest BCUT2D eigenvalue weighted by atomic mass is 35.5. The molecule has 2 rings (SSSR count). The Hall–Kier alpha value is -0.590. The van der Waals surface area contributed by atoms with Crippen LogP contribution in [0.2, 0.25) is 5.02 Å². The summed E-state index contributed by atoms with van der Waals surface area (Å²) in [7, 11) is -1.20. The lowest BCUT2D eigenvalue weighted by Crippen LogP contribution is -2.33. The molecular weight excluding hydrogens is 337 g/mol. The molecule has 1 fully saturated rings. The van der Waals surface area contributed by atoms with Gasteiger partial charge in [-0.1, -0.05) is 18.5 Å².